The average Bonchev–Trinajstić information content (AvgIpc) is 3.40. The molecular formula is C39H53N3O10. The van der Waals surface area contributed by atoms with E-state index in [4.69, 9.17) is 23.7 Å². The number of pyridine rings is 1. The van der Waals surface area contributed by atoms with Gasteiger partial charge in [0.2, 0.25) is 0 Å². The minimum Gasteiger partial charge on any atom is -0.458 e. The fourth-order valence-corrected chi connectivity index (χ4v) is 7.34. The lowest BCUT2D eigenvalue weighted by molar-refractivity contribution is -0.290. The first-order valence-electron chi connectivity index (χ1n) is 18.2. The van der Waals surface area contributed by atoms with Crippen molar-refractivity contribution in [1.82, 2.24) is 15.2 Å². The molecule has 52 heavy (non-hydrogen) atoms. The van der Waals surface area contributed by atoms with Crippen LogP contribution in [0.15, 0.2) is 42.6 Å². The number of carbonyl (C=O) groups excluding carboxylic acids is 4. The predicted molar refractivity (Wildman–Crippen MR) is 192 cm³/mol. The first-order chi connectivity index (χ1) is 24.6. The summed E-state index contributed by atoms with van der Waals surface area (Å²) in [6, 6.07) is 8.76. The highest BCUT2D eigenvalue weighted by molar-refractivity contribution is 5.99. The maximum atomic E-state index is 14.0. The minimum absolute atomic E-state index is 0.0161. The molecule has 0 radical (unpaired) electrons. The molecule has 1 amide bonds. The van der Waals surface area contributed by atoms with Gasteiger partial charge in [0.15, 0.2) is 11.9 Å². The number of para-hydroxylation sites is 1. The van der Waals surface area contributed by atoms with E-state index in [-0.39, 0.29) is 56.6 Å². The average molecular weight is 724 g/mol. The van der Waals surface area contributed by atoms with Crippen LogP contribution in [0, 0.1) is 5.92 Å². The van der Waals surface area contributed by atoms with Crippen LogP contribution in [0.3, 0.4) is 0 Å². The Bertz CT molecular complexity index is 1650. The van der Waals surface area contributed by atoms with E-state index in [1.807, 2.05) is 68.4 Å². The van der Waals surface area contributed by atoms with Crippen LogP contribution in [0.5, 0.6) is 0 Å². The molecule has 13 heteroatoms. The maximum Gasteiger partial charge on any atom is 0.408 e. The Kier molecular flexibility index (Phi) is 12.5. The van der Waals surface area contributed by atoms with Crippen molar-refractivity contribution in [2.24, 2.45) is 5.92 Å². The second-order valence-electron chi connectivity index (χ2n) is 14.9. The fraction of sp³-hybridized carbons (Fsp3) is 0.615. The third kappa shape index (κ3) is 8.88. The van der Waals surface area contributed by atoms with Crippen LogP contribution in [-0.2, 0) is 38.1 Å². The summed E-state index contributed by atoms with van der Waals surface area (Å²) in [5, 5.41) is 15.1. The fourth-order valence-electron chi connectivity index (χ4n) is 7.34. The molecule has 1 aromatic heterocycles. The molecule has 3 aliphatic heterocycles. The molecule has 10 atom stereocenters. The first-order valence-corrected chi connectivity index (χ1v) is 18.2. The van der Waals surface area contributed by atoms with Gasteiger partial charge in [-0.05, 0) is 78.7 Å². The Morgan fingerprint density at radius 2 is 1.87 bits per heavy atom. The van der Waals surface area contributed by atoms with Gasteiger partial charge in [-0.3, -0.25) is 19.4 Å². The van der Waals surface area contributed by atoms with Crippen molar-refractivity contribution in [3.63, 3.8) is 0 Å². The number of rotatable bonds is 8. The molecule has 2 N–H and O–H groups in total. The molecule has 0 unspecified atom stereocenters. The molecule has 0 spiro atoms. The number of amides is 1. The molecule has 0 saturated carbocycles. The van der Waals surface area contributed by atoms with Crippen LogP contribution in [0.2, 0.25) is 0 Å². The summed E-state index contributed by atoms with van der Waals surface area (Å²) >= 11 is 0. The van der Waals surface area contributed by atoms with Gasteiger partial charge in [0, 0.05) is 36.9 Å². The number of esters is 1. The van der Waals surface area contributed by atoms with E-state index in [9.17, 15) is 24.3 Å². The zero-order valence-corrected chi connectivity index (χ0v) is 31.2. The number of cyclic esters (lactones) is 1. The van der Waals surface area contributed by atoms with E-state index < -0.39 is 65.6 Å². The first kappa shape index (κ1) is 39.5. The lowest BCUT2D eigenvalue weighted by Crippen LogP contribution is -2.57. The molecular weight excluding hydrogens is 670 g/mol. The summed E-state index contributed by atoms with van der Waals surface area (Å²) in [7, 11) is 3.73. The van der Waals surface area contributed by atoms with E-state index >= 15 is 0 Å². The second-order valence-corrected chi connectivity index (χ2v) is 14.9. The normalized spacial score (nSPS) is 35.2. The number of aliphatic hydroxyl groups is 1. The largest absolute Gasteiger partial charge is 0.458 e. The summed E-state index contributed by atoms with van der Waals surface area (Å²) in [5.41, 5.74) is -0.873. The number of benzene rings is 1. The van der Waals surface area contributed by atoms with Gasteiger partial charge in [-0.25, -0.2) is 4.79 Å². The van der Waals surface area contributed by atoms with E-state index in [0.717, 1.165) is 16.5 Å². The van der Waals surface area contributed by atoms with Gasteiger partial charge < -0.3 is 39.0 Å². The zero-order chi connectivity index (χ0) is 37.8. The van der Waals surface area contributed by atoms with Gasteiger partial charge in [-0.1, -0.05) is 37.3 Å². The third-order valence-corrected chi connectivity index (χ3v) is 10.8. The van der Waals surface area contributed by atoms with Gasteiger partial charge >= 0.3 is 12.1 Å². The van der Waals surface area contributed by atoms with Crippen molar-refractivity contribution in [1.29, 1.82) is 0 Å². The van der Waals surface area contributed by atoms with Crippen LogP contribution in [0.25, 0.3) is 17.0 Å². The molecule has 3 saturated heterocycles. The lowest BCUT2D eigenvalue weighted by Gasteiger charge is -2.45. The second kappa shape index (κ2) is 16.5. The Hall–Kier alpha value is -3.75. The number of aromatic nitrogens is 1. The number of nitrogens with one attached hydrogen (secondary N) is 1. The SMILES string of the molecule is CC[C@H]1OC(=O)[C@H](C)C(=O)C[C@@H](O[C@@H]2O[C@H](C)C[C@H](N(C)C)[C@H]2O)[C@@](C)(OC/C=C/c2cnc3ccccc3c2)CCC(=O)C[C@H]2NC(=O)O[C@@]21C. The molecule has 284 valence electrons. The molecule has 1 aromatic carbocycles. The van der Waals surface area contributed by atoms with Crippen molar-refractivity contribution >= 4 is 40.6 Å². The van der Waals surface area contributed by atoms with Gasteiger partial charge in [-0.15, -0.1) is 0 Å². The number of nitrogens with zero attached hydrogens (tertiary/aromatic N) is 2. The number of Topliss-reactive ketones (excluding diaryl/α,β-unsaturated/α-hetero) is 2. The minimum atomic E-state index is -1.33. The van der Waals surface area contributed by atoms with E-state index in [0.29, 0.717) is 6.42 Å². The van der Waals surface area contributed by atoms with Crippen LogP contribution >= 0.6 is 0 Å². The monoisotopic (exact) mass is 723 g/mol. The van der Waals surface area contributed by atoms with Crippen LogP contribution in [-0.4, -0.2) is 113 Å². The molecule has 3 fully saturated rings. The van der Waals surface area contributed by atoms with Gasteiger partial charge in [0.25, 0.3) is 0 Å². The number of alkyl carbamates (subject to hydrolysis) is 1. The summed E-state index contributed by atoms with van der Waals surface area (Å²) in [6.07, 6.45) is 0.971. The van der Waals surface area contributed by atoms with E-state index in [1.165, 1.54) is 6.92 Å². The predicted octanol–water partition coefficient (Wildman–Crippen LogP) is 4.37. The maximum absolute atomic E-state index is 14.0. The Morgan fingerprint density at radius 1 is 1.12 bits per heavy atom. The number of hydrogen-bond acceptors (Lipinski definition) is 12. The van der Waals surface area contributed by atoms with Crippen molar-refractivity contribution < 1.29 is 48.0 Å². The molecule has 2 aromatic rings. The van der Waals surface area contributed by atoms with Crippen LogP contribution in [0.4, 0.5) is 4.79 Å². The molecule has 5 rings (SSSR count). The van der Waals surface area contributed by atoms with Crippen molar-refractivity contribution in [2.45, 2.75) is 127 Å². The standard InChI is InChI=1S/C39H53N3O10/c1-8-32-39(5)31(41-37(47)52-39)20-27(43)15-16-38(4,48-17-11-12-25-19-26-13-9-10-14-28(26)40-22-25)33(21-30(44)24(3)35(46)50-32)51-36-34(45)29(42(6)7)18-23(2)49-36/h9-14,19,22-24,29,31-34,36,45H,8,15-18,20-21H2,1-7H3,(H,41,47)/b12-11+/t23-,24-,29+,31-,32-,33-,34-,36+,38+,39+/m1/s1. The molecule has 13 nitrogen and oxygen atoms in total. The highest BCUT2D eigenvalue weighted by atomic mass is 16.7. The van der Waals surface area contributed by atoms with Crippen molar-refractivity contribution in [2.75, 3.05) is 20.7 Å². The summed E-state index contributed by atoms with van der Waals surface area (Å²) in [6.45, 7) is 8.61. The van der Waals surface area contributed by atoms with Crippen molar-refractivity contribution in [3.05, 3.63) is 48.2 Å². The van der Waals surface area contributed by atoms with Crippen LogP contribution in [0.1, 0.15) is 78.7 Å². The topological polar surface area (TPSA) is 163 Å². The number of hydrogen-bond donors (Lipinski definition) is 2. The van der Waals surface area contributed by atoms with E-state index in [2.05, 4.69) is 10.3 Å². The number of carbonyl (C=O) groups is 4. The summed E-state index contributed by atoms with van der Waals surface area (Å²) < 4.78 is 30.7. The Morgan fingerprint density at radius 3 is 2.60 bits per heavy atom. The van der Waals surface area contributed by atoms with Crippen LogP contribution < -0.4 is 5.32 Å². The van der Waals surface area contributed by atoms with Gasteiger partial charge in [0.1, 0.15) is 29.7 Å². The van der Waals surface area contributed by atoms with Crippen molar-refractivity contribution in [3.8, 4) is 0 Å². The molecule has 4 heterocycles. The third-order valence-electron chi connectivity index (χ3n) is 10.8. The molecule has 3 aliphatic rings. The lowest BCUT2D eigenvalue weighted by atomic mass is 9.82. The number of ether oxygens (including phenoxy) is 5. The number of likely N-dealkylation sites (N-methyl/N-ethyl adjacent to an activating group) is 1. The number of ketones is 2. The zero-order valence-electron chi connectivity index (χ0n) is 31.2. The molecule has 0 aliphatic carbocycles. The Labute approximate surface area is 305 Å². The summed E-state index contributed by atoms with van der Waals surface area (Å²) in [4.78, 5) is 60.0. The van der Waals surface area contributed by atoms with Gasteiger partial charge in [-0.2, -0.15) is 0 Å². The van der Waals surface area contributed by atoms with Gasteiger partial charge in [0.05, 0.1) is 36.0 Å². The quantitative estimate of drug-likeness (QED) is 0.293. The molecule has 0 bridgehead atoms. The number of aliphatic hydroxyl groups excluding tert-OH is 1. The highest BCUT2D eigenvalue weighted by Crippen LogP contribution is 2.36. The van der Waals surface area contributed by atoms with E-state index in [1.54, 1.807) is 27.0 Å². The smallest absolute Gasteiger partial charge is 0.408 e. The number of fused-ring (bicyclic) bond motifs is 2. The highest BCUT2D eigenvalue weighted by Gasteiger charge is 2.54. The summed E-state index contributed by atoms with van der Waals surface area (Å²) in [5.74, 6) is -2.66. The Balaban J connectivity index is 1.47.